The lowest BCUT2D eigenvalue weighted by Crippen LogP contribution is -2.02. The minimum absolute atomic E-state index is 0.356. The molecule has 0 bridgehead atoms. The molecule has 0 aromatic carbocycles. The van der Waals surface area contributed by atoms with Crippen molar-refractivity contribution in [2.75, 3.05) is 0 Å². The van der Waals surface area contributed by atoms with Crippen molar-refractivity contribution in [1.82, 2.24) is 9.97 Å². The van der Waals surface area contributed by atoms with Gasteiger partial charge in [-0.25, -0.2) is 9.97 Å². The lowest BCUT2D eigenvalue weighted by atomic mass is 10.1. The Balaban J connectivity index is 3.00. The SMILES string of the molecule is C=C/C=C(\C=C)c1cnc(CN)nc1. The zero-order valence-corrected chi connectivity index (χ0v) is 7.98. The highest BCUT2D eigenvalue weighted by molar-refractivity contribution is 5.73. The minimum Gasteiger partial charge on any atom is -0.324 e. The van der Waals surface area contributed by atoms with Crippen LogP contribution in [0.5, 0.6) is 0 Å². The molecule has 0 spiro atoms. The summed E-state index contributed by atoms with van der Waals surface area (Å²) in [5.41, 5.74) is 7.25. The maximum absolute atomic E-state index is 5.39. The van der Waals surface area contributed by atoms with Crippen LogP contribution < -0.4 is 5.73 Å². The van der Waals surface area contributed by atoms with Gasteiger partial charge in [0, 0.05) is 18.0 Å². The third-order valence-corrected chi connectivity index (χ3v) is 1.74. The van der Waals surface area contributed by atoms with E-state index in [4.69, 9.17) is 5.73 Å². The summed E-state index contributed by atoms with van der Waals surface area (Å²) in [6.07, 6.45) is 8.75. The van der Waals surface area contributed by atoms with Gasteiger partial charge in [0.25, 0.3) is 0 Å². The van der Waals surface area contributed by atoms with E-state index in [-0.39, 0.29) is 0 Å². The molecule has 0 amide bonds. The topological polar surface area (TPSA) is 51.8 Å². The Morgan fingerprint density at radius 1 is 1.36 bits per heavy atom. The second-order valence-corrected chi connectivity index (χ2v) is 2.65. The number of hydrogen-bond donors (Lipinski definition) is 1. The smallest absolute Gasteiger partial charge is 0.141 e. The Kier molecular flexibility index (Phi) is 3.76. The molecule has 1 aromatic rings. The number of hydrogen-bond acceptors (Lipinski definition) is 3. The third-order valence-electron chi connectivity index (χ3n) is 1.74. The summed E-state index contributed by atoms with van der Waals surface area (Å²) in [6.45, 7) is 7.68. The lowest BCUT2D eigenvalue weighted by molar-refractivity contribution is 0.906. The Hall–Kier alpha value is -1.74. The van der Waals surface area contributed by atoms with Gasteiger partial charge in [0.1, 0.15) is 5.82 Å². The number of allylic oxidation sites excluding steroid dienone is 4. The predicted molar refractivity (Wildman–Crippen MR) is 58.3 cm³/mol. The van der Waals surface area contributed by atoms with Crippen molar-refractivity contribution in [3.8, 4) is 0 Å². The van der Waals surface area contributed by atoms with Gasteiger partial charge in [0.05, 0.1) is 6.54 Å². The molecule has 0 atom stereocenters. The maximum Gasteiger partial charge on any atom is 0.141 e. The molecule has 0 aliphatic rings. The number of aromatic nitrogens is 2. The summed E-state index contributed by atoms with van der Waals surface area (Å²) in [5.74, 6) is 0.635. The second kappa shape index (κ2) is 5.09. The van der Waals surface area contributed by atoms with Crippen molar-refractivity contribution in [1.29, 1.82) is 0 Å². The summed E-state index contributed by atoms with van der Waals surface area (Å²) in [5, 5.41) is 0. The van der Waals surface area contributed by atoms with Crippen LogP contribution in [0.4, 0.5) is 0 Å². The molecule has 0 aliphatic carbocycles. The van der Waals surface area contributed by atoms with Crippen molar-refractivity contribution in [3.63, 3.8) is 0 Å². The Morgan fingerprint density at radius 2 is 2.00 bits per heavy atom. The van der Waals surface area contributed by atoms with Crippen LogP contribution in [0.15, 0.2) is 43.8 Å². The van der Waals surface area contributed by atoms with Crippen LogP contribution >= 0.6 is 0 Å². The fourth-order valence-electron chi connectivity index (χ4n) is 1.02. The van der Waals surface area contributed by atoms with Crippen LogP contribution in [0.2, 0.25) is 0 Å². The van der Waals surface area contributed by atoms with E-state index in [0.29, 0.717) is 12.4 Å². The average molecular weight is 187 g/mol. The van der Waals surface area contributed by atoms with Gasteiger partial charge in [0.2, 0.25) is 0 Å². The predicted octanol–water partition coefficient (Wildman–Crippen LogP) is 1.69. The zero-order valence-electron chi connectivity index (χ0n) is 7.98. The molecule has 3 heteroatoms. The standard InChI is InChI=1S/C11H13N3/c1-3-5-9(4-2)10-7-13-11(6-12)14-8-10/h3-5,7-8H,1-2,6,12H2/b9-5+. The van der Waals surface area contributed by atoms with Gasteiger partial charge in [-0.2, -0.15) is 0 Å². The van der Waals surface area contributed by atoms with Crippen molar-refractivity contribution >= 4 is 5.57 Å². The van der Waals surface area contributed by atoms with E-state index in [0.717, 1.165) is 11.1 Å². The van der Waals surface area contributed by atoms with E-state index < -0.39 is 0 Å². The fraction of sp³-hybridized carbons (Fsp3) is 0.0909. The van der Waals surface area contributed by atoms with Crippen molar-refractivity contribution in [3.05, 3.63) is 55.2 Å². The van der Waals surface area contributed by atoms with Gasteiger partial charge < -0.3 is 5.73 Å². The van der Waals surface area contributed by atoms with E-state index in [1.165, 1.54) is 0 Å². The molecule has 0 unspecified atom stereocenters. The monoisotopic (exact) mass is 187 g/mol. The van der Waals surface area contributed by atoms with E-state index in [1.807, 2.05) is 6.08 Å². The highest BCUT2D eigenvalue weighted by Crippen LogP contribution is 2.12. The average Bonchev–Trinajstić information content (AvgIpc) is 2.26. The molecule has 72 valence electrons. The van der Waals surface area contributed by atoms with Gasteiger partial charge in [-0.15, -0.1) is 0 Å². The molecular weight excluding hydrogens is 174 g/mol. The molecular formula is C11H13N3. The van der Waals surface area contributed by atoms with Crippen molar-refractivity contribution in [2.24, 2.45) is 5.73 Å². The van der Waals surface area contributed by atoms with Crippen molar-refractivity contribution < 1.29 is 0 Å². The van der Waals surface area contributed by atoms with Crippen LogP contribution in [-0.2, 0) is 6.54 Å². The Morgan fingerprint density at radius 3 is 2.43 bits per heavy atom. The highest BCUT2D eigenvalue weighted by Gasteiger charge is 1.98. The van der Waals surface area contributed by atoms with Gasteiger partial charge in [-0.3, -0.25) is 0 Å². The lowest BCUT2D eigenvalue weighted by Gasteiger charge is -2.01. The van der Waals surface area contributed by atoms with Gasteiger partial charge in [-0.05, 0) is 5.57 Å². The zero-order chi connectivity index (χ0) is 10.4. The molecule has 14 heavy (non-hydrogen) atoms. The maximum atomic E-state index is 5.39. The van der Waals surface area contributed by atoms with E-state index >= 15 is 0 Å². The molecule has 0 fully saturated rings. The Labute approximate surface area is 83.7 Å². The summed E-state index contributed by atoms with van der Waals surface area (Å²) in [4.78, 5) is 8.18. The first-order valence-corrected chi connectivity index (χ1v) is 4.28. The second-order valence-electron chi connectivity index (χ2n) is 2.65. The molecule has 0 saturated carbocycles. The summed E-state index contributed by atoms with van der Waals surface area (Å²) in [6, 6.07) is 0. The van der Waals surface area contributed by atoms with Gasteiger partial charge in [-0.1, -0.05) is 31.4 Å². The summed E-state index contributed by atoms with van der Waals surface area (Å²) in [7, 11) is 0. The highest BCUT2D eigenvalue weighted by atomic mass is 14.9. The van der Waals surface area contributed by atoms with Gasteiger partial charge in [0.15, 0.2) is 0 Å². The largest absolute Gasteiger partial charge is 0.324 e. The summed E-state index contributed by atoms with van der Waals surface area (Å²) < 4.78 is 0. The minimum atomic E-state index is 0.356. The van der Waals surface area contributed by atoms with Crippen LogP contribution in [-0.4, -0.2) is 9.97 Å². The normalized spacial score (nSPS) is 11.1. The van der Waals surface area contributed by atoms with Crippen molar-refractivity contribution in [2.45, 2.75) is 6.54 Å². The number of nitrogens with two attached hydrogens (primary N) is 1. The van der Waals surface area contributed by atoms with E-state index in [9.17, 15) is 0 Å². The van der Waals surface area contributed by atoms with Crippen LogP contribution in [0.3, 0.4) is 0 Å². The molecule has 0 aliphatic heterocycles. The van der Waals surface area contributed by atoms with Gasteiger partial charge >= 0.3 is 0 Å². The van der Waals surface area contributed by atoms with Crippen LogP contribution in [0.25, 0.3) is 5.57 Å². The molecule has 1 rings (SSSR count). The van der Waals surface area contributed by atoms with E-state index in [1.54, 1.807) is 24.5 Å². The van der Waals surface area contributed by atoms with E-state index in [2.05, 4.69) is 23.1 Å². The van der Waals surface area contributed by atoms with Crippen LogP contribution in [0.1, 0.15) is 11.4 Å². The fourth-order valence-corrected chi connectivity index (χ4v) is 1.02. The first kappa shape index (κ1) is 10.3. The van der Waals surface area contributed by atoms with Crippen LogP contribution in [0, 0.1) is 0 Å². The molecule has 1 aromatic heterocycles. The first-order chi connectivity index (χ1) is 6.81. The molecule has 1 heterocycles. The quantitative estimate of drug-likeness (QED) is 0.730. The molecule has 3 nitrogen and oxygen atoms in total. The number of nitrogens with zero attached hydrogens (tertiary/aromatic N) is 2. The molecule has 2 N–H and O–H groups in total. The third kappa shape index (κ3) is 2.37. The number of rotatable bonds is 4. The molecule has 0 saturated heterocycles. The molecule has 0 radical (unpaired) electrons. The first-order valence-electron chi connectivity index (χ1n) is 4.28. The Bertz CT molecular complexity index is 349. The summed E-state index contributed by atoms with van der Waals surface area (Å²) >= 11 is 0.